The third kappa shape index (κ3) is 40.1. The lowest BCUT2D eigenvalue weighted by Crippen LogP contribution is -2.46. The predicted octanol–water partition coefficient (Wildman–Crippen LogP) is 14.1. The first-order valence-electron chi connectivity index (χ1n) is 24.1. The van der Waals surface area contributed by atoms with Gasteiger partial charge in [-0.2, -0.15) is 0 Å². The Kier molecular flexibility index (Phi) is 42.7. The number of amides is 1. The summed E-state index contributed by atoms with van der Waals surface area (Å²) in [7, 11) is 0. The molecule has 1 amide bonds. The minimum absolute atomic E-state index is 0.0292. The average Bonchev–Trinajstić information content (AvgIpc) is 3.20. The van der Waals surface area contributed by atoms with Crippen molar-refractivity contribution in [1.82, 2.24) is 5.32 Å². The molecule has 0 saturated heterocycles. The zero-order valence-corrected chi connectivity index (χ0v) is 37.5. The molecule has 0 aromatic heterocycles. The van der Waals surface area contributed by atoms with Crippen molar-refractivity contribution in [3.63, 3.8) is 0 Å². The minimum Gasteiger partial charge on any atom is -0.462 e. The first-order chi connectivity index (χ1) is 28.0. The molecule has 0 spiro atoms. The molecule has 0 aromatic carbocycles. The second kappa shape index (κ2) is 44.7. The molecule has 330 valence electrons. The number of carbonyl (C=O) groups excluding carboxylic acids is 2. The zero-order valence-electron chi connectivity index (χ0n) is 37.5. The van der Waals surface area contributed by atoms with Crippen molar-refractivity contribution < 1.29 is 24.5 Å². The molecule has 57 heavy (non-hydrogen) atoms. The SMILES string of the molecule is CC/C=C/C=C/C=C\C=C/C=C/CCCC(CC(=O)NC(CO)C(O)CCCCCCCCCCCC)OC(=O)CCCCCCCCCCCCCCCCC. The number of allylic oxidation sites excluding steroid dienone is 10. The summed E-state index contributed by atoms with van der Waals surface area (Å²) in [4.78, 5) is 26.0. The third-order valence-corrected chi connectivity index (χ3v) is 10.7. The van der Waals surface area contributed by atoms with Crippen LogP contribution in [0.25, 0.3) is 0 Å². The van der Waals surface area contributed by atoms with Gasteiger partial charge < -0.3 is 20.3 Å². The number of aliphatic hydroxyl groups excluding tert-OH is 2. The summed E-state index contributed by atoms with van der Waals surface area (Å²) < 4.78 is 5.88. The molecule has 0 saturated carbocycles. The molecule has 3 atom stereocenters. The summed E-state index contributed by atoms with van der Waals surface area (Å²) in [6.45, 7) is 6.30. The van der Waals surface area contributed by atoms with Crippen LogP contribution in [0.1, 0.15) is 226 Å². The van der Waals surface area contributed by atoms with Crippen molar-refractivity contribution in [1.29, 1.82) is 0 Å². The highest BCUT2D eigenvalue weighted by atomic mass is 16.5. The summed E-state index contributed by atoms with van der Waals surface area (Å²) in [5, 5.41) is 23.6. The van der Waals surface area contributed by atoms with Crippen LogP contribution in [0.2, 0.25) is 0 Å². The first kappa shape index (κ1) is 54.6. The molecule has 0 rings (SSSR count). The molecule has 3 N–H and O–H groups in total. The standard InChI is InChI=1S/C51H91NO5/c1-4-7-10-13-16-19-22-24-25-27-29-32-35-38-41-44-51(56)57-47(42-39-36-33-30-28-26-23-20-17-14-11-8-5-2)45-50(55)52-48(46-53)49(54)43-40-37-34-31-21-18-15-12-9-6-3/h8,11,14,17,20,23,26,28,30,33,47-49,53-54H,4-7,9-10,12-13,15-16,18-19,21-22,24-25,27,29,31-32,34-46H2,1-3H3,(H,52,55)/b11-8+,17-14+,23-20-,28-26-,33-30+. The van der Waals surface area contributed by atoms with Gasteiger partial charge in [-0.15, -0.1) is 0 Å². The van der Waals surface area contributed by atoms with Crippen molar-refractivity contribution in [2.75, 3.05) is 6.61 Å². The second-order valence-electron chi connectivity index (χ2n) is 16.3. The van der Waals surface area contributed by atoms with Crippen molar-refractivity contribution >= 4 is 11.9 Å². The van der Waals surface area contributed by atoms with Crippen LogP contribution in [-0.4, -0.2) is 46.9 Å². The van der Waals surface area contributed by atoms with E-state index in [-0.39, 0.29) is 24.9 Å². The van der Waals surface area contributed by atoms with Gasteiger partial charge in [0.15, 0.2) is 0 Å². The number of aliphatic hydroxyl groups is 2. The smallest absolute Gasteiger partial charge is 0.306 e. The lowest BCUT2D eigenvalue weighted by molar-refractivity contribution is -0.151. The van der Waals surface area contributed by atoms with E-state index in [0.717, 1.165) is 57.8 Å². The Morgan fingerprint density at radius 2 is 0.947 bits per heavy atom. The molecule has 0 bridgehead atoms. The Balaban J connectivity index is 4.68. The van der Waals surface area contributed by atoms with Gasteiger partial charge in [-0.1, -0.05) is 236 Å². The largest absolute Gasteiger partial charge is 0.462 e. The van der Waals surface area contributed by atoms with E-state index in [1.54, 1.807) is 0 Å². The molecule has 0 aliphatic carbocycles. The summed E-state index contributed by atoms with van der Waals surface area (Å²) in [6.07, 6.45) is 54.3. The maximum Gasteiger partial charge on any atom is 0.306 e. The van der Waals surface area contributed by atoms with Crippen molar-refractivity contribution in [3.05, 3.63) is 60.8 Å². The van der Waals surface area contributed by atoms with E-state index in [2.05, 4.69) is 38.2 Å². The Labute approximate surface area is 352 Å². The van der Waals surface area contributed by atoms with E-state index in [4.69, 9.17) is 4.74 Å². The van der Waals surface area contributed by atoms with Gasteiger partial charge in [0.05, 0.1) is 25.2 Å². The van der Waals surface area contributed by atoms with Gasteiger partial charge in [-0.3, -0.25) is 9.59 Å². The topological polar surface area (TPSA) is 95.9 Å². The number of carbonyl (C=O) groups is 2. The van der Waals surface area contributed by atoms with Crippen LogP contribution < -0.4 is 5.32 Å². The van der Waals surface area contributed by atoms with Gasteiger partial charge in [0.2, 0.25) is 5.91 Å². The maximum atomic E-state index is 13.1. The van der Waals surface area contributed by atoms with Gasteiger partial charge in [-0.05, 0) is 38.5 Å². The molecule has 0 radical (unpaired) electrons. The number of unbranched alkanes of at least 4 members (excludes halogenated alkanes) is 24. The van der Waals surface area contributed by atoms with Gasteiger partial charge in [0.25, 0.3) is 0 Å². The van der Waals surface area contributed by atoms with E-state index in [1.165, 1.54) is 122 Å². The Bertz CT molecular complexity index is 1030. The van der Waals surface area contributed by atoms with Gasteiger partial charge in [-0.25, -0.2) is 0 Å². The Hall–Kier alpha value is -2.44. The summed E-state index contributed by atoms with van der Waals surface area (Å²) in [5.41, 5.74) is 0. The van der Waals surface area contributed by atoms with Crippen LogP contribution in [-0.2, 0) is 14.3 Å². The van der Waals surface area contributed by atoms with E-state index in [9.17, 15) is 19.8 Å². The molecule has 0 fully saturated rings. The Morgan fingerprint density at radius 3 is 1.40 bits per heavy atom. The number of esters is 1. The first-order valence-corrected chi connectivity index (χ1v) is 24.1. The van der Waals surface area contributed by atoms with Gasteiger partial charge in [0, 0.05) is 6.42 Å². The van der Waals surface area contributed by atoms with E-state index >= 15 is 0 Å². The fourth-order valence-corrected chi connectivity index (χ4v) is 7.10. The average molecular weight is 798 g/mol. The molecule has 6 heteroatoms. The van der Waals surface area contributed by atoms with Crippen molar-refractivity contribution in [2.24, 2.45) is 0 Å². The van der Waals surface area contributed by atoms with Crippen molar-refractivity contribution in [2.45, 2.75) is 244 Å². The highest BCUT2D eigenvalue weighted by molar-refractivity contribution is 5.77. The molecular weight excluding hydrogens is 707 g/mol. The van der Waals surface area contributed by atoms with Gasteiger partial charge >= 0.3 is 5.97 Å². The number of hydrogen-bond acceptors (Lipinski definition) is 5. The number of ether oxygens (including phenoxy) is 1. The minimum atomic E-state index is -0.805. The van der Waals surface area contributed by atoms with E-state index in [1.807, 2.05) is 48.6 Å². The second-order valence-corrected chi connectivity index (χ2v) is 16.3. The summed E-state index contributed by atoms with van der Waals surface area (Å²) >= 11 is 0. The van der Waals surface area contributed by atoms with Crippen LogP contribution in [0.4, 0.5) is 0 Å². The molecular formula is C51H91NO5. The molecule has 0 aliphatic rings. The predicted molar refractivity (Wildman–Crippen MR) is 245 cm³/mol. The number of nitrogens with one attached hydrogen (secondary N) is 1. The highest BCUT2D eigenvalue weighted by Gasteiger charge is 2.24. The molecule has 3 unspecified atom stereocenters. The van der Waals surface area contributed by atoms with E-state index < -0.39 is 18.2 Å². The monoisotopic (exact) mass is 798 g/mol. The van der Waals surface area contributed by atoms with Crippen LogP contribution in [0.3, 0.4) is 0 Å². The van der Waals surface area contributed by atoms with Crippen LogP contribution in [0, 0.1) is 0 Å². The lowest BCUT2D eigenvalue weighted by Gasteiger charge is -2.24. The third-order valence-electron chi connectivity index (χ3n) is 10.7. The van der Waals surface area contributed by atoms with E-state index in [0.29, 0.717) is 19.3 Å². The number of rotatable bonds is 42. The fraction of sp³-hybridized carbons (Fsp3) is 0.765. The normalized spacial score (nSPS) is 13.8. The quantitative estimate of drug-likeness (QED) is 0.0325. The molecule has 0 aromatic rings. The lowest BCUT2D eigenvalue weighted by atomic mass is 10.0. The molecule has 6 nitrogen and oxygen atoms in total. The zero-order chi connectivity index (χ0) is 41.7. The summed E-state index contributed by atoms with van der Waals surface area (Å²) in [5.74, 6) is -0.544. The van der Waals surface area contributed by atoms with Crippen molar-refractivity contribution in [3.8, 4) is 0 Å². The highest BCUT2D eigenvalue weighted by Crippen LogP contribution is 2.17. The Morgan fingerprint density at radius 1 is 0.526 bits per heavy atom. The molecule has 0 aliphatic heterocycles. The van der Waals surface area contributed by atoms with Gasteiger partial charge in [0.1, 0.15) is 6.10 Å². The van der Waals surface area contributed by atoms with Crippen LogP contribution in [0.5, 0.6) is 0 Å². The fourth-order valence-electron chi connectivity index (χ4n) is 7.10. The maximum absolute atomic E-state index is 13.1. The number of hydrogen-bond donors (Lipinski definition) is 3. The summed E-state index contributed by atoms with van der Waals surface area (Å²) in [6, 6.07) is -0.722. The molecule has 0 heterocycles. The van der Waals surface area contributed by atoms with Crippen LogP contribution in [0.15, 0.2) is 60.8 Å². The van der Waals surface area contributed by atoms with Crippen LogP contribution >= 0.6 is 0 Å².